The van der Waals surface area contributed by atoms with E-state index < -0.39 is 17.6 Å². The van der Waals surface area contributed by atoms with Gasteiger partial charge in [0.2, 0.25) is 0 Å². The average molecular weight is 341 g/mol. The molecule has 2 aromatic carbocycles. The Hall–Kier alpha value is -2.77. The Kier molecular flexibility index (Phi) is 5.28. The standard InChI is InChI=1S/C16H15F4N3O/c1-24-13-4-2-3-12(8-13)23-15(21)22-9-10-5-6-11(17)7-14(10)16(18,19)20/h2-8H,9H2,1H3,(H3,21,22,23). The number of hydrogen-bond donors (Lipinski definition) is 2. The van der Waals surface area contributed by atoms with E-state index in [9.17, 15) is 17.6 Å². The molecule has 0 saturated carbocycles. The molecule has 0 fully saturated rings. The molecule has 2 rings (SSSR count). The van der Waals surface area contributed by atoms with Crippen molar-refractivity contribution in [2.45, 2.75) is 12.7 Å². The van der Waals surface area contributed by atoms with Crippen LogP contribution in [0.3, 0.4) is 0 Å². The fourth-order valence-electron chi connectivity index (χ4n) is 2.01. The lowest BCUT2D eigenvalue weighted by molar-refractivity contribution is -0.138. The van der Waals surface area contributed by atoms with Gasteiger partial charge in [0.25, 0.3) is 0 Å². The van der Waals surface area contributed by atoms with E-state index in [-0.39, 0.29) is 18.1 Å². The molecule has 0 aromatic heterocycles. The number of rotatable bonds is 4. The third kappa shape index (κ3) is 4.61. The summed E-state index contributed by atoms with van der Waals surface area (Å²) in [6.45, 7) is -0.335. The van der Waals surface area contributed by atoms with Gasteiger partial charge in [-0.1, -0.05) is 12.1 Å². The minimum Gasteiger partial charge on any atom is -0.497 e. The summed E-state index contributed by atoms with van der Waals surface area (Å²) in [5, 5.41) is 2.75. The van der Waals surface area contributed by atoms with Gasteiger partial charge in [0.15, 0.2) is 5.96 Å². The van der Waals surface area contributed by atoms with E-state index in [0.717, 1.165) is 12.1 Å². The zero-order valence-electron chi connectivity index (χ0n) is 12.7. The molecule has 3 N–H and O–H groups in total. The molecular weight excluding hydrogens is 326 g/mol. The van der Waals surface area contributed by atoms with Crippen LogP contribution in [0.2, 0.25) is 0 Å². The highest BCUT2D eigenvalue weighted by atomic mass is 19.4. The van der Waals surface area contributed by atoms with E-state index in [1.165, 1.54) is 7.11 Å². The highest BCUT2D eigenvalue weighted by Gasteiger charge is 2.33. The van der Waals surface area contributed by atoms with E-state index in [4.69, 9.17) is 10.5 Å². The van der Waals surface area contributed by atoms with Crippen molar-refractivity contribution in [3.8, 4) is 5.75 Å². The summed E-state index contributed by atoms with van der Waals surface area (Å²) in [4.78, 5) is 3.87. The smallest absolute Gasteiger partial charge is 0.416 e. The highest BCUT2D eigenvalue weighted by molar-refractivity contribution is 5.92. The molecule has 0 unspecified atom stereocenters. The summed E-state index contributed by atoms with van der Waals surface area (Å²) < 4.78 is 56.8. The molecule has 2 aromatic rings. The Labute approximate surface area is 136 Å². The number of nitrogens with one attached hydrogen (secondary N) is 1. The fourth-order valence-corrected chi connectivity index (χ4v) is 2.01. The number of anilines is 1. The Balaban J connectivity index is 2.15. The third-order valence-electron chi connectivity index (χ3n) is 3.14. The first-order valence-corrected chi connectivity index (χ1v) is 6.86. The normalized spacial score (nSPS) is 12.1. The van der Waals surface area contributed by atoms with Crippen molar-refractivity contribution >= 4 is 11.6 Å². The molecule has 0 radical (unpaired) electrons. The Morgan fingerprint density at radius 1 is 1.21 bits per heavy atom. The van der Waals surface area contributed by atoms with Gasteiger partial charge in [0, 0.05) is 11.8 Å². The second-order valence-electron chi connectivity index (χ2n) is 4.86. The first-order valence-electron chi connectivity index (χ1n) is 6.86. The summed E-state index contributed by atoms with van der Waals surface area (Å²) >= 11 is 0. The van der Waals surface area contributed by atoms with Crippen LogP contribution < -0.4 is 15.8 Å². The van der Waals surface area contributed by atoms with E-state index >= 15 is 0 Å². The molecule has 0 aliphatic rings. The van der Waals surface area contributed by atoms with Crippen LogP contribution in [0.25, 0.3) is 0 Å². The first kappa shape index (κ1) is 17.6. The number of alkyl halides is 3. The molecule has 0 bridgehead atoms. The van der Waals surface area contributed by atoms with Crippen LogP contribution in [0.1, 0.15) is 11.1 Å². The van der Waals surface area contributed by atoms with Gasteiger partial charge in [-0.15, -0.1) is 0 Å². The monoisotopic (exact) mass is 341 g/mol. The Bertz CT molecular complexity index is 744. The summed E-state index contributed by atoms with van der Waals surface area (Å²) in [6.07, 6.45) is -4.66. The van der Waals surface area contributed by atoms with Crippen LogP contribution in [0.5, 0.6) is 5.75 Å². The number of aliphatic imine (C=N–C) groups is 1. The maximum absolute atomic E-state index is 13.1. The number of nitrogens with two attached hydrogens (primary N) is 1. The average Bonchev–Trinajstić information content (AvgIpc) is 2.53. The summed E-state index contributed by atoms with van der Waals surface area (Å²) in [6, 6.07) is 9.23. The van der Waals surface area contributed by atoms with Gasteiger partial charge in [-0.25, -0.2) is 9.38 Å². The summed E-state index contributed by atoms with van der Waals surface area (Å²) in [5.41, 5.74) is 5.02. The van der Waals surface area contributed by atoms with Crippen molar-refractivity contribution in [3.05, 3.63) is 59.4 Å². The molecule has 128 valence electrons. The lowest BCUT2D eigenvalue weighted by Crippen LogP contribution is -2.22. The van der Waals surface area contributed by atoms with Crippen molar-refractivity contribution in [3.63, 3.8) is 0 Å². The number of benzene rings is 2. The van der Waals surface area contributed by atoms with Gasteiger partial charge in [-0.05, 0) is 29.8 Å². The third-order valence-corrected chi connectivity index (χ3v) is 3.14. The Morgan fingerprint density at radius 3 is 2.62 bits per heavy atom. The number of hydrogen-bond acceptors (Lipinski definition) is 2. The van der Waals surface area contributed by atoms with Crippen LogP contribution in [0.15, 0.2) is 47.5 Å². The van der Waals surface area contributed by atoms with Crippen LogP contribution in [-0.2, 0) is 12.7 Å². The highest BCUT2D eigenvalue weighted by Crippen LogP contribution is 2.32. The maximum atomic E-state index is 13.1. The summed E-state index contributed by atoms with van der Waals surface area (Å²) in [7, 11) is 1.50. The molecule has 0 saturated heterocycles. The zero-order chi connectivity index (χ0) is 17.7. The van der Waals surface area contributed by atoms with Crippen molar-refractivity contribution in [1.29, 1.82) is 0 Å². The van der Waals surface area contributed by atoms with Gasteiger partial charge in [-0.2, -0.15) is 13.2 Å². The first-order chi connectivity index (χ1) is 11.3. The fraction of sp³-hybridized carbons (Fsp3) is 0.188. The number of halogens is 4. The van der Waals surface area contributed by atoms with E-state index in [1.807, 2.05) is 0 Å². The molecule has 0 spiro atoms. The number of methoxy groups -OCH3 is 1. The Morgan fingerprint density at radius 2 is 1.96 bits per heavy atom. The minimum absolute atomic E-state index is 0.0688. The predicted molar refractivity (Wildman–Crippen MR) is 83.3 cm³/mol. The lowest BCUT2D eigenvalue weighted by Gasteiger charge is -2.12. The quantitative estimate of drug-likeness (QED) is 0.505. The van der Waals surface area contributed by atoms with Crippen molar-refractivity contribution in [2.75, 3.05) is 12.4 Å². The van der Waals surface area contributed by atoms with Crippen molar-refractivity contribution < 1.29 is 22.3 Å². The maximum Gasteiger partial charge on any atom is 0.416 e. The summed E-state index contributed by atoms with van der Waals surface area (Å²) in [5.74, 6) is -0.441. The minimum atomic E-state index is -4.66. The number of ether oxygens (including phenoxy) is 1. The van der Waals surface area contributed by atoms with Crippen LogP contribution in [0.4, 0.5) is 23.2 Å². The SMILES string of the molecule is COc1cccc(NC(N)=NCc2ccc(F)cc2C(F)(F)F)c1. The molecule has 4 nitrogen and oxygen atoms in total. The molecule has 0 aliphatic heterocycles. The molecule has 0 atom stereocenters. The molecular formula is C16H15F4N3O. The van der Waals surface area contributed by atoms with E-state index in [1.54, 1.807) is 24.3 Å². The van der Waals surface area contributed by atoms with Gasteiger partial charge >= 0.3 is 6.18 Å². The molecule has 8 heteroatoms. The molecule has 0 heterocycles. The lowest BCUT2D eigenvalue weighted by atomic mass is 10.1. The zero-order valence-corrected chi connectivity index (χ0v) is 12.7. The van der Waals surface area contributed by atoms with Gasteiger partial charge in [-0.3, -0.25) is 0 Å². The number of guanidine groups is 1. The predicted octanol–water partition coefficient (Wildman–Crippen LogP) is 3.78. The number of nitrogens with zero attached hydrogens (tertiary/aromatic N) is 1. The van der Waals surface area contributed by atoms with Gasteiger partial charge in [0.05, 0.1) is 19.2 Å². The molecule has 0 aliphatic carbocycles. The second-order valence-corrected chi connectivity index (χ2v) is 4.86. The molecule has 0 amide bonds. The molecule has 24 heavy (non-hydrogen) atoms. The van der Waals surface area contributed by atoms with Gasteiger partial charge in [0.1, 0.15) is 11.6 Å². The van der Waals surface area contributed by atoms with Crippen LogP contribution in [-0.4, -0.2) is 13.1 Å². The topological polar surface area (TPSA) is 59.6 Å². The van der Waals surface area contributed by atoms with E-state index in [0.29, 0.717) is 17.5 Å². The van der Waals surface area contributed by atoms with Crippen LogP contribution >= 0.6 is 0 Å². The van der Waals surface area contributed by atoms with E-state index in [2.05, 4.69) is 10.3 Å². The van der Waals surface area contributed by atoms with Crippen molar-refractivity contribution in [1.82, 2.24) is 0 Å². The second kappa shape index (κ2) is 7.20. The largest absolute Gasteiger partial charge is 0.497 e. The van der Waals surface area contributed by atoms with Crippen LogP contribution in [0, 0.1) is 5.82 Å². The van der Waals surface area contributed by atoms with Crippen molar-refractivity contribution in [2.24, 2.45) is 10.7 Å². The van der Waals surface area contributed by atoms with Gasteiger partial charge < -0.3 is 15.8 Å².